The summed E-state index contributed by atoms with van der Waals surface area (Å²) in [7, 11) is 0. The lowest BCUT2D eigenvalue weighted by Crippen LogP contribution is -2.15. The lowest BCUT2D eigenvalue weighted by atomic mass is 9.80. The van der Waals surface area contributed by atoms with Crippen molar-refractivity contribution in [3.05, 3.63) is 157 Å². The molecule has 0 N–H and O–H groups in total. The van der Waals surface area contributed by atoms with E-state index in [4.69, 9.17) is 4.98 Å². The van der Waals surface area contributed by atoms with Crippen LogP contribution in [0.1, 0.15) is 43.5 Å². The zero-order valence-corrected chi connectivity index (χ0v) is 27.4. The Balaban J connectivity index is 1.16. The van der Waals surface area contributed by atoms with Crippen molar-refractivity contribution in [1.29, 1.82) is 0 Å². The van der Waals surface area contributed by atoms with Gasteiger partial charge in [-0.25, -0.2) is 0 Å². The standard InChI is InChI=1S/C45H35N3/c1-28-18-20-47-27-40(28)44-25-33(24-43(48-44)32-10-8-19-46-26-32)29-14-16-37-38-17-15-31(23-42(38)45(2,3)41(37)22-29)39-21-30-9-4-5-11-34(30)35-12-6-7-13-36(35)39/h4-28,40H,1-3H3. The van der Waals surface area contributed by atoms with Crippen molar-refractivity contribution in [2.75, 3.05) is 0 Å². The van der Waals surface area contributed by atoms with Gasteiger partial charge in [0, 0.05) is 41.7 Å². The van der Waals surface area contributed by atoms with Crippen LogP contribution in [-0.2, 0) is 5.41 Å². The molecule has 0 saturated carbocycles. The first-order valence-electron chi connectivity index (χ1n) is 16.8. The van der Waals surface area contributed by atoms with Crippen LogP contribution in [0.15, 0.2) is 145 Å². The van der Waals surface area contributed by atoms with Crippen molar-refractivity contribution in [2.24, 2.45) is 10.9 Å². The predicted molar refractivity (Wildman–Crippen MR) is 200 cm³/mol. The highest BCUT2D eigenvalue weighted by atomic mass is 14.8. The smallest absolute Gasteiger partial charge is 0.0727 e. The van der Waals surface area contributed by atoms with Crippen LogP contribution in [0.2, 0.25) is 0 Å². The van der Waals surface area contributed by atoms with E-state index in [1.807, 2.05) is 30.9 Å². The van der Waals surface area contributed by atoms with Crippen LogP contribution in [0, 0.1) is 5.92 Å². The van der Waals surface area contributed by atoms with Crippen molar-refractivity contribution in [2.45, 2.75) is 32.1 Å². The van der Waals surface area contributed by atoms with E-state index < -0.39 is 0 Å². The van der Waals surface area contributed by atoms with Gasteiger partial charge in [-0.15, -0.1) is 0 Å². The Kier molecular flexibility index (Phi) is 6.52. The summed E-state index contributed by atoms with van der Waals surface area (Å²) in [6.45, 7) is 6.97. The number of fused-ring (bicyclic) bond motifs is 6. The van der Waals surface area contributed by atoms with Crippen LogP contribution in [0.25, 0.3) is 66.2 Å². The number of hydrogen-bond donors (Lipinski definition) is 0. The number of aromatic nitrogens is 2. The molecule has 0 saturated heterocycles. The van der Waals surface area contributed by atoms with Crippen LogP contribution in [0.5, 0.6) is 0 Å². The molecule has 2 aromatic heterocycles. The number of pyridine rings is 2. The summed E-state index contributed by atoms with van der Waals surface area (Å²) < 4.78 is 0. The quantitative estimate of drug-likeness (QED) is 0.184. The summed E-state index contributed by atoms with van der Waals surface area (Å²) >= 11 is 0. The predicted octanol–water partition coefficient (Wildman–Crippen LogP) is 11.4. The van der Waals surface area contributed by atoms with Crippen molar-refractivity contribution < 1.29 is 0 Å². The third-order valence-electron chi connectivity index (χ3n) is 10.5. The molecular weight excluding hydrogens is 583 g/mol. The van der Waals surface area contributed by atoms with Crippen LogP contribution >= 0.6 is 0 Å². The fraction of sp³-hybridized carbons (Fsp3) is 0.133. The largest absolute Gasteiger partial charge is 0.269 e. The van der Waals surface area contributed by atoms with Gasteiger partial charge >= 0.3 is 0 Å². The highest BCUT2D eigenvalue weighted by Crippen LogP contribution is 2.51. The van der Waals surface area contributed by atoms with E-state index >= 15 is 0 Å². The molecule has 5 aromatic carbocycles. The van der Waals surface area contributed by atoms with Gasteiger partial charge in [-0.1, -0.05) is 99.6 Å². The fourth-order valence-electron chi connectivity index (χ4n) is 7.86. The summed E-state index contributed by atoms with van der Waals surface area (Å²) in [5, 5.41) is 5.15. The number of rotatable bonds is 4. The first-order chi connectivity index (χ1) is 23.5. The maximum atomic E-state index is 5.15. The van der Waals surface area contributed by atoms with Gasteiger partial charge in [0.25, 0.3) is 0 Å². The van der Waals surface area contributed by atoms with Gasteiger partial charge in [0.05, 0.1) is 11.4 Å². The minimum absolute atomic E-state index is 0.116. The first-order valence-corrected chi connectivity index (χ1v) is 16.8. The Morgan fingerprint density at radius 2 is 1.33 bits per heavy atom. The van der Waals surface area contributed by atoms with E-state index in [1.54, 1.807) is 0 Å². The Hall–Kier alpha value is -5.67. The fourth-order valence-corrected chi connectivity index (χ4v) is 7.86. The highest BCUT2D eigenvalue weighted by Gasteiger charge is 2.36. The lowest BCUT2D eigenvalue weighted by Gasteiger charge is -2.23. The number of benzene rings is 5. The number of allylic oxidation sites excluding steroid dienone is 1. The zero-order valence-electron chi connectivity index (χ0n) is 27.4. The molecule has 2 atom stereocenters. The van der Waals surface area contributed by atoms with Crippen molar-refractivity contribution in [3.8, 4) is 44.6 Å². The molecule has 0 fully saturated rings. The van der Waals surface area contributed by atoms with Crippen molar-refractivity contribution in [1.82, 2.24) is 9.97 Å². The molecule has 3 heteroatoms. The van der Waals surface area contributed by atoms with Gasteiger partial charge in [0.15, 0.2) is 0 Å². The molecule has 0 bridgehead atoms. The summed E-state index contributed by atoms with van der Waals surface area (Å²) in [5.74, 6) is 0.430. The van der Waals surface area contributed by atoms with Crippen LogP contribution in [-0.4, -0.2) is 16.2 Å². The number of aliphatic imine (C=N–C) groups is 1. The Bertz CT molecular complexity index is 2450. The minimum Gasteiger partial charge on any atom is -0.269 e. The van der Waals surface area contributed by atoms with Gasteiger partial charge < -0.3 is 0 Å². The molecule has 3 heterocycles. The van der Waals surface area contributed by atoms with Crippen molar-refractivity contribution >= 4 is 27.8 Å². The van der Waals surface area contributed by atoms with Gasteiger partial charge in [0.2, 0.25) is 0 Å². The molecule has 1 aliphatic heterocycles. The SMILES string of the molecule is CC1C=CN=CC1c1cc(-c2ccc3c(c2)C(C)(C)c2cc(-c4cc5ccccc5c5ccccc45)ccc2-3)cc(-c2cccnc2)n1. The third-order valence-corrected chi connectivity index (χ3v) is 10.5. The van der Waals surface area contributed by atoms with Gasteiger partial charge in [-0.05, 0) is 114 Å². The maximum absolute atomic E-state index is 5.15. The molecule has 2 unspecified atom stereocenters. The van der Waals surface area contributed by atoms with E-state index in [2.05, 4.69) is 146 Å². The lowest BCUT2D eigenvalue weighted by molar-refractivity contribution is 0.655. The third kappa shape index (κ3) is 4.53. The van der Waals surface area contributed by atoms with Gasteiger partial charge in [-0.2, -0.15) is 0 Å². The Labute approximate surface area is 281 Å². The molecule has 0 amide bonds. The van der Waals surface area contributed by atoms with E-state index in [1.165, 1.54) is 60.5 Å². The highest BCUT2D eigenvalue weighted by molar-refractivity contribution is 6.13. The summed E-state index contributed by atoms with van der Waals surface area (Å²) in [4.78, 5) is 14.0. The average Bonchev–Trinajstić information content (AvgIpc) is 3.36. The van der Waals surface area contributed by atoms with E-state index in [0.29, 0.717) is 5.92 Å². The molecule has 230 valence electrons. The van der Waals surface area contributed by atoms with Gasteiger partial charge in [0.1, 0.15) is 0 Å². The molecule has 2 aliphatic rings. The normalized spacial score (nSPS) is 17.5. The number of nitrogens with zero attached hydrogens (tertiary/aromatic N) is 3. The number of hydrogen-bond acceptors (Lipinski definition) is 3. The van der Waals surface area contributed by atoms with E-state index in [9.17, 15) is 0 Å². The van der Waals surface area contributed by atoms with Crippen molar-refractivity contribution in [3.63, 3.8) is 0 Å². The topological polar surface area (TPSA) is 38.1 Å². The second-order valence-electron chi connectivity index (χ2n) is 13.8. The van der Waals surface area contributed by atoms with Gasteiger partial charge in [-0.3, -0.25) is 15.0 Å². The molecule has 0 radical (unpaired) electrons. The molecule has 9 rings (SSSR count). The molecular formula is C45H35N3. The average molecular weight is 618 g/mol. The van der Waals surface area contributed by atoms with E-state index in [-0.39, 0.29) is 11.3 Å². The van der Waals surface area contributed by atoms with Crippen LogP contribution in [0.4, 0.5) is 0 Å². The maximum Gasteiger partial charge on any atom is 0.0727 e. The first kappa shape index (κ1) is 28.5. The zero-order chi connectivity index (χ0) is 32.4. The second kappa shape index (κ2) is 11.0. The second-order valence-corrected chi connectivity index (χ2v) is 13.8. The van der Waals surface area contributed by atoms with Crippen LogP contribution in [0.3, 0.4) is 0 Å². The molecule has 0 spiro atoms. The summed E-state index contributed by atoms with van der Waals surface area (Å²) in [6, 6.07) is 42.5. The molecule has 3 nitrogen and oxygen atoms in total. The van der Waals surface area contributed by atoms with E-state index in [0.717, 1.165) is 22.5 Å². The molecule has 48 heavy (non-hydrogen) atoms. The minimum atomic E-state index is -0.166. The molecule has 1 aliphatic carbocycles. The molecule has 7 aromatic rings. The monoisotopic (exact) mass is 617 g/mol. The Morgan fingerprint density at radius 1 is 0.604 bits per heavy atom. The summed E-state index contributed by atoms with van der Waals surface area (Å²) in [5.41, 5.74) is 13.1. The summed E-state index contributed by atoms with van der Waals surface area (Å²) in [6.07, 6.45) is 9.78. The van der Waals surface area contributed by atoms with Crippen LogP contribution < -0.4 is 0 Å². The Morgan fingerprint density at radius 3 is 2.10 bits per heavy atom.